The van der Waals surface area contributed by atoms with Crippen LogP contribution in [0.25, 0.3) is 22.7 Å². The first-order valence-electron chi connectivity index (χ1n) is 8.33. The molecule has 3 aromatic heterocycles. The molecule has 0 spiro atoms. The van der Waals surface area contributed by atoms with Crippen molar-refractivity contribution in [1.82, 2.24) is 19.5 Å². The largest absolute Gasteiger partial charge is 0.469 e. The molecule has 0 radical (unpaired) electrons. The molecule has 0 bridgehead atoms. The third-order valence-corrected chi connectivity index (χ3v) is 4.88. The zero-order valence-electron chi connectivity index (χ0n) is 14.8. The lowest BCUT2D eigenvalue weighted by Gasteiger charge is -2.07. The number of aryl methyl sites for hydroxylation is 3. The number of pyridine rings is 2. The van der Waals surface area contributed by atoms with Crippen LogP contribution in [0.2, 0.25) is 0 Å². The summed E-state index contributed by atoms with van der Waals surface area (Å²) in [6.45, 7) is 4.03. The lowest BCUT2D eigenvalue weighted by molar-refractivity contribution is -0.142. The van der Waals surface area contributed by atoms with Gasteiger partial charge in [0, 0.05) is 19.4 Å². The minimum Gasteiger partial charge on any atom is -0.469 e. The van der Waals surface area contributed by atoms with Crippen LogP contribution in [0.5, 0.6) is 0 Å². The first-order valence-corrected chi connectivity index (χ1v) is 8.33. The molecule has 25 heavy (non-hydrogen) atoms. The topological polar surface area (TPSA) is 69.9 Å². The van der Waals surface area contributed by atoms with Gasteiger partial charge in [-0.15, -0.1) is 0 Å². The number of hydrogen-bond acceptors (Lipinski definition) is 5. The summed E-state index contributed by atoms with van der Waals surface area (Å²) in [6.07, 6.45) is 4.54. The van der Waals surface area contributed by atoms with E-state index in [4.69, 9.17) is 9.72 Å². The minimum absolute atomic E-state index is 0.0278. The lowest BCUT2D eigenvalue weighted by Crippen LogP contribution is -2.04. The highest BCUT2D eigenvalue weighted by Gasteiger charge is 2.45. The van der Waals surface area contributed by atoms with Crippen LogP contribution in [-0.2, 0) is 16.6 Å². The molecule has 1 aliphatic rings. The molecule has 0 amide bonds. The van der Waals surface area contributed by atoms with Crippen LogP contribution >= 0.6 is 0 Å². The number of imidazole rings is 1. The second-order valence-corrected chi connectivity index (χ2v) is 6.76. The summed E-state index contributed by atoms with van der Waals surface area (Å²) in [4.78, 5) is 25.5. The van der Waals surface area contributed by atoms with E-state index in [2.05, 4.69) is 16.0 Å². The highest BCUT2D eigenvalue weighted by Crippen LogP contribution is 2.48. The molecule has 2 atom stereocenters. The van der Waals surface area contributed by atoms with Gasteiger partial charge in [0.1, 0.15) is 11.2 Å². The minimum atomic E-state index is -0.136. The van der Waals surface area contributed by atoms with Crippen LogP contribution in [0, 0.1) is 19.8 Å². The van der Waals surface area contributed by atoms with Crippen LogP contribution in [0.1, 0.15) is 29.0 Å². The van der Waals surface area contributed by atoms with E-state index in [0.717, 1.165) is 45.8 Å². The Hall–Kier alpha value is -2.76. The number of carbonyl (C=O) groups excluding carboxylic acids is 1. The Labute approximate surface area is 145 Å². The van der Waals surface area contributed by atoms with E-state index >= 15 is 0 Å². The molecule has 6 nitrogen and oxygen atoms in total. The van der Waals surface area contributed by atoms with Gasteiger partial charge in [0.15, 0.2) is 11.5 Å². The van der Waals surface area contributed by atoms with Gasteiger partial charge in [0.2, 0.25) is 0 Å². The predicted octanol–water partition coefficient (Wildman–Crippen LogP) is 2.92. The summed E-state index contributed by atoms with van der Waals surface area (Å²) in [5, 5.41) is 0. The van der Waals surface area contributed by atoms with Gasteiger partial charge in [-0.1, -0.05) is 6.07 Å². The van der Waals surface area contributed by atoms with Crippen molar-refractivity contribution in [2.45, 2.75) is 26.2 Å². The fourth-order valence-corrected chi connectivity index (χ4v) is 3.40. The number of carbonyl (C=O) groups is 1. The van der Waals surface area contributed by atoms with E-state index in [1.165, 1.54) is 7.11 Å². The molecule has 6 heteroatoms. The summed E-state index contributed by atoms with van der Waals surface area (Å²) in [5.74, 6) is 0.860. The molecule has 3 heterocycles. The average molecular weight is 336 g/mol. The standard InChI is InChI=1S/C19H20N4O2/c1-10-5-15-17(21-8-10)23(3)18(22-15)16-11(2)6-12(9-20-16)13-7-14(13)19(24)25-4/h5-6,8-9,13-14H,7H2,1-4H3. The molecule has 128 valence electrons. The number of aromatic nitrogens is 4. The molecular formula is C19H20N4O2. The number of hydrogen-bond donors (Lipinski definition) is 0. The second kappa shape index (κ2) is 5.65. The van der Waals surface area contributed by atoms with Gasteiger partial charge >= 0.3 is 5.97 Å². The first kappa shape index (κ1) is 15.7. The van der Waals surface area contributed by atoms with Crippen LogP contribution in [-0.4, -0.2) is 32.6 Å². The third-order valence-electron chi connectivity index (χ3n) is 4.88. The third kappa shape index (κ3) is 2.58. The molecular weight excluding hydrogens is 316 g/mol. The van der Waals surface area contributed by atoms with Crippen LogP contribution in [0.3, 0.4) is 0 Å². The molecule has 1 saturated carbocycles. The fraction of sp³-hybridized carbons (Fsp3) is 0.368. The number of nitrogens with zero attached hydrogens (tertiary/aromatic N) is 4. The van der Waals surface area contributed by atoms with Crippen molar-refractivity contribution >= 4 is 17.1 Å². The van der Waals surface area contributed by atoms with E-state index in [-0.39, 0.29) is 17.8 Å². The van der Waals surface area contributed by atoms with Crippen LogP contribution in [0.4, 0.5) is 0 Å². The zero-order chi connectivity index (χ0) is 17.7. The van der Waals surface area contributed by atoms with Crippen molar-refractivity contribution < 1.29 is 9.53 Å². The smallest absolute Gasteiger partial charge is 0.309 e. The number of esters is 1. The maximum atomic E-state index is 11.6. The molecule has 4 rings (SSSR count). The number of rotatable bonds is 3. The maximum Gasteiger partial charge on any atom is 0.309 e. The Morgan fingerprint density at radius 3 is 2.76 bits per heavy atom. The monoisotopic (exact) mass is 336 g/mol. The second-order valence-electron chi connectivity index (χ2n) is 6.76. The molecule has 0 N–H and O–H groups in total. The first-order chi connectivity index (χ1) is 12.0. The van der Waals surface area contributed by atoms with Gasteiger partial charge in [-0.2, -0.15) is 0 Å². The summed E-state index contributed by atoms with van der Waals surface area (Å²) in [6, 6.07) is 4.13. The summed E-state index contributed by atoms with van der Waals surface area (Å²) in [5.41, 5.74) is 5.78. The van der Waals surface area contributed by atoms with Crippen LogP contribution in [0.15, 0.2) is 24.5 Å². The Morgan fingerprint density at radius 1 is 1.24 bits per heavy atom. The molecule has 0 aromatic carbocycles. The van der Waals surface area contributed by atoms with Crippen molar-refractivity contribution in [3.8, 4) is 11.5 Å². The molecule has 2 unspecified atom stereocenters. The SMILES string of the molecule is COC(=O)C1CC1c1cnc(-c2nc3cc(C)cnc3n2C)c(C)c1. The van der Waals surface area contributed by atoms with E-state index in [1.807, 2.05) is 43.9 Å². The average Bonchev–Trinajstić information content (AvgIpc) is 3.33. The van der Waals surface area contributed by atoms with Crippen LogP contribution < -0.4 is 0 Å². The zero-order valence-corrected chi connectivity index (χ0v) is 14.8. The summed E-state index contributed by atoms with van der Waals surface area (Å²) in [7, 11) is 3.39. The Bertz CT molecular complexity index is 992. The maximum absolute atomic E-state index is 11.6. The highest BCUT2D eigenvalue weighted by molar-refractivity contribution is 5.78. The molecule has 1 aliphatic carbocycles. The van der Waals surface area contributed by atoms with Gasteiger partial charge in [-0.05, 0) is 48.9 Å². The lowest BCUT2D eigenvalue weighted by atomic mass is 10.1. The molecule has 0 saturated heterocycles. The van der Waals surface area contributed by atoms with Gasteiger partial charge < -0.3 is 9.30 Å². The van der Waals surface area contributed by atoms with E-state index in [1.54, 1.807) is 0 Å². The van der Waals surface area contributed by atoms with E-state index < -0.39 is 0 Å². The normalized spacial score (nSPS) is 19.2. The summed E-state index contributed by atoms with van der Waals surface area (Å²) < 4.78 is 6.80. The molecule has 1 fully saturated rings. The highest BCUT2D eigenvalue weighted by atomic mass is 16.5. The predicted molar refractivity (Wildman–Crippen MR) is 94.1 cm³/mol. The number of ether oxygens (including phenoxy) is 1. The van der Waals surface area contributed by atoms with Gasteiger partial charge in [0.05, 0.1) is 13.0 Å². The Balaban J connectivity index is 1.70. The van der Waals surface area contributed by atoms with Crippen molar-refractivity contribution in [2.75, 3.05) is 7.11 Å². The van der Waals surface area contributed by atoms with Gasteiger partial charge in [-0.25, -0.2) is 9.97 Å². The Kier molecular flexibility index (Phi) is 3.56. The van der Waals surface area contributed by atoms with Crippen molar-refractivity contribution in [1.29, 1.82) is 0 Å². The van der Waals surface area contributed by atoms with E-state index in [9.17, 15) is 4.79 Å². The van der Waals surface area contributed by atoms with Crippen molar-refractivity contribution in [3.05, 3.63) is 41.2 Å². The summed E-state index contributed by atoms with van der Waals surface area (Å²) >= 11 is 0. The quantitative estimate of drug-likeness (QED) is 0.688. The molecule has 0 aliphatic heterocycles. The van der Waals surface area contributed by atoms with E-state index in [0.29, 0.717) is 0 Å². The van der Waals surface area contributed by atoms with Crippen molar-refractivity contribution in [2.24, 2.45) is 13.0 Å². The Morgan fingerprint density at radius 2 is 2.04 bits per heavy atom. The number of methoxy groups -OCH3 is 1. The number of fused-ring (bicyclic) bond motifs is 1. The van der Waals surface area contributed by atoms with Crippen molar-refractivity contribution in [3.63, 3.8) is 0 Å². The van der Waals surface area contributed by atoms with Gasteiger partial charge in [-0.3, -0.25) is 9.78 Å². The van der Waals surface area contributed by atoms with Gasteiger partial charge in [0.25, 0.3) is 0 Å². The molecule has 3 aromatic rings. The fourth-order valence-electron chi connectivity index (χ4n) is 3.40.